The summed E-state index contributed by atoms with van der Waals surface area (Å²) in [7, 11) is 0. The molecule has 0 aliphatic carbocycles. The molecule has 0 saturated carbocycles. The quantitative estimate of drug-likeness (QED) is 0.245. The highest BCUT2D eigenvalue weighted by molar-refractivity contribution is 6.25. The standard InChI is InChI=1S/C33H30FN5O5/c1-21-25(18-40)44-31(33(21,2)34)38-20-35-26-27(38)36-32(37-28(26)43-19-22-12-6-3-7-13-22)39(29(41)23-14-8-4-9-15-23)30(42)24-16-10-5-11-17-24/h3-17,20-21,25,31,40H,18-19H2,1-2H3/t21-,25-,31-,33-/m1/s1. The number of anilines is 1. The van der Waals surface area contributed by atoms with E-state index >= 15 is 4.39 Å². The average molecular weight is 596 g/mol. The maximum Gasteiger partial charge on any atom is 0.267 e. The van der Waals surface area contributed by atoms with Gasteiger partial charge in [0.25, 0.3) is 11.8 Å². The lowest BCUT2D eigenvalue weighted by Gasteiger charge is -2.26. The van der Waals surface area contributed by atoms with Crippen molar-refractivity contribution in [1.82, 2.24) is 19.5 Å². The Kier molecular flexibility index (Phi) is 7.90. The monoisotopic (exact) mass is 595 g/mol. The maximum atomic E-state index is 16.1. The molecule has 1 aliphatic heterocycles. The first-order valence-electron chi connectivity index (χ1n) is 14.1. The lowest BCUT2D eigenvalue weighted by atomic mass is 9.90. The second kappa shape index (κ2) is 11.9. The molecule has 1 aliphatic rings. The summed E-state index contributed by atoms with van der Waals surface area (Å²) in [6.07, 6.45) is -0.624. The first-order chi connectivity index (χ1) is 21.3. The van der Waals surface area contributed by atoms with Crippen LogP contribution in [0.15, 0.2) is 97.3 Å². The molecule has 1 fully saturated rings. The van der Waals surface area contributed by atoms with Gasteiger partial charge in [0.05, 0.1) is 19.0 Å². The van der Waals surface area contributed by atoms with Gasteiger partial charge in [-0.3, -0.25) is 14.2 Å². The molecular weight excluding hydrogens is 565 g/mol. The van der Waals surface area contributed by atoms with Crippen LogP contribution < -0.4 is 9.64 Å². The van der Waals surface area contributed by atoms with Crippen molar-refractivity contribution in [3.8, 4) is 5.88 Å². The summed E-state index contributed by atoms with van der Waals surface area (Å²) >= 11 is 0. The number of halogens is 1. The van der Waals surface area contributed by atoms with Gasteiger partial charge in [0, 0.05) is 17.0 Å². The van der Waals surface area contributed by atoms with Crippen molar-refractivity contribution >= 4 is 28.9 Å². The van der Waals surface area contributed by atoms with Gasteiger partial charge < -0.3 is 14.6 Å². The number of imidazole rings is 1. The first-order valence-corrected chi connectivity index (χ1v) is 14.1. The van der Waals surface area contributed by atoms with E-state index in [1.54, 1.807) is 67.6 Å². The van der Waals surface area contributed by atoms with Crippen LogP contribution in [0.3, 0.4) is 0 Å². The molecule has 0 radical (unpaired) electrons. The Morgan fingerprint density at radius 2 is 1.52 bits per heavy atom. The van der Waals surface area contributed by atoms with Gasteiger partial charge in [-0.15, -0.1) is 0 Å². The zero-order valence-electron chi connectivity index (χ0n) is 24.1. The molecule has 1 N–H and O–H groups in total. The molecule has 5 aromatic rings. The van der Waals surface area contributed by atoms with Crippen molar-refractivity contribution in [3.05, 3.63) is 114 Å². The molecule has 2 aromatic heterocycles. The number of aliphatic hydroxyl groups is 1. The van der Waals surface area contributed by atoms with Gasteiger partial charge in [0.15, 0.2) is 23.1 Å². The second-order valence-corrected chi connectivity index (χ2v) is 10.8. The molecule has 2 amide bonds. The highest BCUT2D eigenvalue weighted by Gasteiger charge is 2.53. The molecule has 0 spiro atoms. The topological polar surface area (TPSA) is 120 Å². The average Bonchev–Trinajstić information content (AvgIpc) is 3.58. The Labute approximate surface area is 252 Å². The predicted octanol–water partition coefficient (Wildman–Crippen LogP) is 5.15. The van der Waals surface area contributed by atoms with E-state index in [2.05, 4.69) is 15.0 Å². The minimum Gasteiger partial charge on any atom is -0.471 e. The van der Waals surface area contributed by atoms with Crippen molar-refractivity contribution in [1.29, 1.82) is 0 Å². The summed E-state index contributed by atoms with van der Waals surface area (Å²) in [5, 5.41) is 9.83. The number of carbonyl (C=O) groups excluding carboxylic acids is 2. The fraction of sp³-hybridized carbons (Fsp3) is 0.242. The highest BCUT2D eigenvalue weighted by Crippen LogP contribution is 2.46. The summed E-state index contributed by atoms with van der Waals surface area (Å²) in [5.41, 5.74) is -0.344. The van der Waals surface area contributed by atoms with Gasteiger partial charge in [0.2, 0.25) is 11.8 Å². The third-order valence-corrected chi connectivity index (χ3v) is 7.91. The minimum atomic E-state index is -1.92. The Morgan fingerprint density at radius 3 is 2.07 bits per heavy atom. The van der Waals surface area contributed by atoms with Crippen LogP contribution in [0.25, 0.3) is 11.2 Å². The van der Waals surface area contributed by atoms with Crippen LogP contribution in [0.2, 0.25) is 0 Å². The number of aliphatic hydroxyl groups excluding tert-OH is 1. The van der Waals surface area contributed by atoms with Gasteiger partial charge in [-0.2, -0.15) is 9.97 Å². The third-order valence-electron chi connectivity index (χ3n) is 7.91. The van der Waals surface area contributed by atoms with E-state index in [0.717, 1.165) is 10.5 Å². The molecule has 10 nitrogen and oxygen atoms in total. The Hall–Kier alpha value is -5.00. The van der Waals surface area contributed by atoms with Gasteiger partial charge in [-0.1, -0.05) is 73.7 Å². The molecule has 11 heteroatoms. The van der Waals surface area contributed by atoms with Gasteiger partial charge >= 0.3 is 0 Å². The van der Waals surface area contributed by atoms with Crippen molar-refractivity contribution in [2.45, 2.75) is 38.5 Å². The van der Waals surface area contributed by atoms with E-state index in [-0.39, 0.29) is 47.3 Å². The van der Waals surface area contributed by atoms with Crippen LogP contribution in [-0.4, -0.2) is 54.8 Å². The zero-order valence-corrected chi connectivity index (χ0v) is 24.1. The number of benzene rings is 3. The van der Waals surface area contributed by atoms with Gasteiger partial charge in [0.1, 0.15) is 6.61 Å². The number of hydrogen-bond donors (Lipinski definition) is 1. The molecule has 3 heterocycles. The van der Waals surface area contributed by atoms with E-state index in [4.69, 9.17) is 9.47 Å². The summed E-state index contributed by atoms with van der Waals surface area (Å²) in [6, 6.07) is 25.9. The summed E-state index contributed by atoms with van der Waals surface area (Å²) < 4.78 is 29.6. The van der Waals surface area contributed by atoms with Gasteiger partial charge in [-0.05, 0) is 36.8 Å². The molecule has 4 atom stereocenters. The molecule has 224 valence electrons. The van der Waals surface area contributed by atoms with Crippen molar-refractivity contribution in [2.24, 2.45) is 5.92 Å². The molecule has 1 saturated heterocycles. The number of hydrogen-bond acceptors (Lipinski definition) is 8. The number of carbonyl (C=O) groups is 2. The van der Waals surface area contributed by atoms with Gasteiger partial charge in [-0.25, -0.2) is 14.3 Å². The SMILES string of the molecule is C[C@@H]1[C@@H](CO)O[C@@H](n2cnc3c(OCc4ccccc4)nc(N(C(=O)c4ccccc4)C(=O)c4ccccc4)nc32)[C@]1(C)F. The molecule has 0 unspecified atom stereocenters. The number of ether oxygens (including phenoxy) is 2. The fourth-order valence-corrected chi connectivity index (χ4v) is 5.21. The van der Waals surface area contributed by atoms with Crippen molar-refractivity contribution in [3.63, 3.8) is 0 Å². The smallest absolute Gasteiger partial charge is 0.267 e. The number of imide groups is 1. The molecule has 3 aromatic carbocycles. The largest absolute Gasteiger partial charge is 0.471 e. The zero-order chi connectivity index (χ0) is 30.8. The number of nitrogens with zero attached hydrogens (tertiary/aromatic N) is 5. The number of fused-ring (bicyclic) bond motifs is 1. The Morgan fingerprint density at radius 1 is 0.955 bits per heavy atom. The van der Waals surface area contributed by atoms with Crippen molar-refractivity contribution < 1.29 is 28.6 Å². The number of aromatic nitrogens is 4. The lowest BCUT2D eigenvalue weighted by molar-refractivity contribution is -0.0565. The number of alkyl halides is 1. The fourth-order valence-electron chi connectivity index (χ4n) is 5.21. The maximum absolute atomic E-state index is 16.1. The normalized spacial score (nSPS) is 21.3. The molecule has 0 bridgehead atoms. The van der Waals surface area contributed by atoms with Crippen LogP contribution >= 0.6 is 0 Å². The summed E-state index contributed by atoms with van der Waals surface area (Å²) in [6.45, 7) is 2.78. The highest BCUT2D eigenvalue weighted by atomic mass is 19.1. The van der Waals surface area contributed by atoms with Crippen molar-refractivity contribution in [2.75, 3.05) is 11.5 Å². The number of amides is 2. The van der Waals surface area contributed by atoms with E-state index in [0.29, 0.717) is 0 Å². The first kappa shape index (κ1) is 29.1. The summed E-state index contributed by atoms with van der Waals surface area (Å²) in [4.78, 5) is 42.3. The van der Waals surface area contributed by atoms with E-state index in [1.807, 2.05) is 30.3 Å². The minimum absolute atomic E-state index is 0.00959. The van der Waals surface area contributed by atoms with Crippen LogP contribution in [0.5, 0.6) is 5.88 Å². The van der Waals surface area contributed by atoms with E-state index < -0.39 is 35.7 Å². The second-order valence-electron chi connectivity index (χ2n) is 10.8. The van der Waals surface area contributed by atoms with Crippen LogP contribution in [0.4, 0.5) is 10.3 Å². The predicted molar refractivity (Wildman–Crippen MR) is 160 cm³/mol. The number of rotatable bonds is 8. The lowest BCUT2D eigenvalue weighted by Crippen LogP contribution is -2.38. The van der Waals surface area contributed by atoms with E-state index in [9.17, 15) is 14.7 Å². The molecule has 44 heavy (non-hydrogen) atoms. The summed E-state index contributed by atoms with van der Waals surface area (Å²) in [5.74, 6) is -2.28. The Balaban J connectivity index is 1.52. The van der Waals surface area contributed by atoms with Crippen LogP contribution in [-0.2, 0) is 11.3 Å². The molecular formula is C33H30FN5O5. The Bertz CT molecular complexity index is 1730. The third kappa shape index (κ3) is 5.31. The van der Waals surface area contributed by atoms with Crippen LogP contribution in [0, 0.1) is 5.92 Å². The van der Waals surface area contributed by atoms with E-state index in [1.165, 1.54) is 17.8 Å². The molecule has 6 rings (SSSR count). The van der Waals surface area contributed by atoms with Crippen LogP contribution in [0.1, 0.15) is 46.4 Å².